The Morgan fingerprint density at radius 2 is 2.14 bits per heavy atom. The maximum atomic E-state index is 11.6. The number of carbonyl (C=O) groups excluding carboxylic acids is 1. The molecule has 1 amide bonds. The number of amides is 1. The number of rotatable bonds is 7. The molecule has 0 aromatic rings. The van der Waals surface area contributed by atoms with Gasteiger partial charge in [0.15, 0.2) is 0 Å². The number of hydrogen-bond donors (Lipinski definition) is 1. The second-order valence-corrected chi connectivity index (χ2v) is 3.76. The third kappa shape index (κ3) is 5.94. The first-order valence-electron chi connectivity index (χ1n) is 5.03. The van der Waals surface area contributed by atoms with E-state index in [4.69, 9.17) is 4.74 Å². The van der Waals surface area contributed by atoms with Crippen molar-refractivity contribution < 1.29 is 9.53 Å². The van der Waals surface area contributed by atoms with Crippen LogP contribution in [0.5, 0.6) is 0 Å². The molecule has 0 saturated heterocycles. The number of nitrogens with zero attached hydrogens (tertiary/aromatic N) is 1. The smallest absolute Gasteiger partial charge is 0.236 e. The van der Waals surface area contributed by atoms with Gasteiger partial charge in [-0.2, -0.15) is 0 Å². The molecule has 0 rings (SSSR count). The number of likely N-dealkylation sites (N-methyl/N-ethyl adjacent to an activating group) is 1. The van der Waals surface area contributed by atoms with Crippen LogP contribution in [-0.2, 0) is 9.53 Å². The van der Waals surface area contributed by atoms with Crippen molar-refractivity contribution in [1.82, 2.24) is 10.2 Å². The third-order valence-electron chi connectivity index (χ3n) is 1.83. The summed E-state index contributed by atoms with van der Waals surface area (Å²) in [5, 5.41) is 2.87. The fourth-order valence-corrected chi connectivity index (χ4v) is 1.22. The summed E-state index contributed by atoms with van der Waals surface area (Å²) < 4.78 is 4.97. The average Bonchev–Trinajstić information content (AvgIpc) is 2.12. The van der Waals surface area contributed by atoms with Crippen LogP contribution in [0.15, 0.2) is 0 Å². The Hall–Kier alpha value is -0.610. The van der Waals surface area contributed by atoms with Gasteiger partial charge in [-0.3, -0.25) is 4.79 Å². The van der Waals surface area contributed by atoms with Crippen LogP contribution >= 0.6 is 0 Å². The Morgan fingerprint density at radius 1 is 1.50 bits per heavy atom. The van der Waals surface area contributed by atoms with E-state index in [9.17, 15) is 4.79 Å². The van der Waals surface area contributed by atoms with Gasteiger partial charge in [-0.05, 0) is 13.0 Å². The van der Waals surface area contributed by atoms with Crippen LogP contribution in [-0.4, -0.2) is 51.2 Å². The van der Waals surface area contributed by atoms with Gasteiger partial charge >= 0.3 is 0 Å². The number of hydrogen-bond acceptors (Lipinski definition) is 3. The van der Waals surface area contributed by atoms with Crippen molar-refractivity contribution in [3.05, 3.63) is 0 Å². The zero-order valence-electron chi connectivity index (χ0n) is 9.67. The highest BCUT2D eigenvalue weighted by Crippen LogP contribution is 1.98. The van der Waals surface area contributed by atoms with E-state index in [1.807, 2.05) is 4.90 Å². The van der Waals surface area contributed by atoms with Crippen molar-refractivity contribution in [2.45, 2.75) is 13.8 Å². The second kappa shape index (κ2) is 7.76. The zero-order valence-corrected chi connectivity index (χ0v) is 9.67. The number of ether oxygens (including phenoxy) is 1. The molecule has 0 unspecified atom stereocenters. The van der Waals surface area contributed by atoms with E-state index in [0.29, 0.717) is 25.6 Å². The molecule has 0 aliphatic rings. The molecule has 0 heterocycles. The molecule has 0 saturated carbocycles. The van der Waals surface area contributed by atoms with Gasteiger partial charge in [0.1, 0.15) is 0 Å². The maximum Gasteiger partial charge on any atom is 0.236 e. The summed E-state index contributed by atoms with van der Waals surface area (Å²) >= 11 is 0. The predicted molar refractivity (Wildman–Crippen MR) is 57.2 cm³/mol. The molecule has 1 N–H and O–H groups in total. The molecule has 0 radical (unpaired) electrons. The molecule has 0 fully saturated rings. The molecule has 14 heavy (non-hydrogen) atoms. The molecule has 0 aliphatic carbocycles. The van der Waals surface area contributed by atoms with Crippen LogP contribution in [0.4, 0.5) is 0 Å². The molecule has 4 heteroatoms. The summed E-state index contributed by atoms with van der Waals surface area (Å²) in [6, 6.07) is 0. The van der Waals surface area contributed by atoms with E-state index in [-0.39, 0.29) is 5.91 Å². The normalized spacial score (nSPS) is 10.6. The molecule has 0 spiro atoms. The van der Waals surface area contributed by atoms with Crippen molar-refractivity contribution >= 4 is 5.91 Å². The minimum Gasteiger partial charge on any atom is -0.383 e. The van der Waals surface area contributed by atoms with E-state index >= 15 is 0 Å². The highest BCUT2D eigenvalue weighted by atomic mass is 16.5. The summed E-state index contributed by atoms with van der Waals surface area (Å²) in [5.41, 5.74) is 0. The summed E-state index contributed by atoms with van der Waals surface area (Å²) in [5.74, 6) is 0.630. The number of carbonyl (C=O) groups is 1. The van der Waals surface area contributed by atoms with Crippen molar-refractivity contribution in [1.29, 1.82) is 0 Å². The highest BCUT2D eigenvalue weighted by molar-refractivity contribution is 5.78. The monoisotopic (exact) mass is 202 g/mol. The molecule has 0 aromatic heterocycles. The van der Waals surface area contributed by atoms with Crippen molar-refractivity contribution in [3.63, 3.8) is 0 Å². The fourth-order valence-electron chi connectivity index (χ4n) is 1.22. The SMILES string of the molecule is CNCC(=O)N(CCOC)CC(C)C. The van der Waals surface area contributed by atoms with Gasteiger partial charge in [-0.25, -0.2) is 0 Å². The first-order chi connectivity index (χ1) is 6.61. The lowest BCUT2D eigenvalue weighted by atomic mass is 10.2. The fraction of sp³-hybridized carbons (Fsp3) is 0.900. The summed E-state index contributed by atoms with van der Waals surface area (Å²) in [6.45, 7) is 6.68. The van der Waals surface area contributed by atoms with Gasteiger partial charge < -0.3 is 15.0 Å². The van der Waals surface area contributed by atoms with E-state index in [0.717, 1.165) is 6.54 Å². The van der Waals surface area contributed by atoms with Crippen molar-refractivity contribution in [3.8, 4) is 0 Å². The van der Waals surface area contributed by atoms with E-state index in [1.165, 1.54) is 0 Å². The summed E-state index contributed by atoms with van der Waals surface area (Å²) in [4.78, 5) is 13.4. The van der Waals surface area contributed by atoms with E-state index < -0.39 is 0 Å². The molecular weight excluding hydrogens is 180 g/mol. The van der Waals surface area contributed by atoms with Crippen LogP contribution in [0.1, 0.15) is 13.8 Å². The van der Waals surface area contributed by atoms with Crippen LogP contribution in [0, 0.1) is 5.92 Å². The molecule has 0 aliphatic heterocycles. The molecule has 0 bridgehead atoms. The number of nitrogens with one attached hydrogen (secondary N) is 1. The highest BCUT2D eigenvalue weighted by Gasteiger charge is 2.13. The molecular formula is C10H22N2O2. The van der Waals surface area contributed by atoms with Gasteiger partial charge in [-0.15, -0.1) is 0 Å². The molecule has 0 atom stereocenters. The quantitative estimate of drug-likeness (QED) is 0.647. The minimum absolute atomic E-state index is 0.137. The minimum atomic E-state index is 0.137. The first kappa shape index (κ1) is 13.4. The Kier molecular flexibility index (Phi) is 7.42. The van der Waals surface area contributed by atoms with Gasteiger partial charge in [0, 0.05) is 20.2 Å². The lowest BCUT2D eigenvalue weighted by Gasteiger charge is -2.24. The third-order valence-corrected chi connectivity index (χ3v) is 1.83. The average molecular weight is 202 g/mol. The van der Waals surface area contributed by atoms with Crippen LogP contribution in [0.25, 0.3) is 0 Å². The Balaban J connectivity index is 4.01. The van der Waals surface area contributed by atoms with Crippen LogP contribution < -0.4 is 5.32 Å². The lowest BCUT2D eigenvalue weighted by Crippen LogP contribution is -2.41. The molecule has 84 valence electrons. The Morgan fingerprint density at radius 3 is 2.57 bits per heavy atom. The second-order valence-electron chi connectivity index (χ2n) is 3.76. The number of methoxy groups -OCH3 is 1. The Labute approximate surface area is 86.6 Å². The first-order valence-corrected chi connectivity index (χ1v) is 5.03. The van der Waals surface area contributed by atoms with E-state index in [2.05, 4.69) is 19.2 Å². The Bertz CT molecular complexity index is 160. The van der Waals surface area contributed by atoms with Gasteiger partial charge in [0.25, 0.3) is 0 Å². The van der Waals surface area contributed by atoms with Crippen LogP contribution in [0.3, 0.4) is 0 Å². The molecule has 0 aromatic carbocycles. The standard InChI is InChI=1S/C10H22N2O2/c1-9(2)8-12(5-6-14-4)10(13)7-11-3/h9,11H,5-8H2,1-4H3. The lowest BCUT2D eigenvalue weighted by molar-refractivity contribution is -0.131. The zero-order chi connectivity index (χ0) is 11.0. The van der Waals surface area contributed by atoms with Gasteiger partial charge in [0.2, 0.25) is 5.91 Å². The van der Waals surface area contributed by atoms with E-state index in [1.54, 1.807) is 14.2 Å². The van der Waals surface area contributed by atoms with Crippen LogP contribution in [0.2, 0.25) is 0 Å². The molecule has 4 nitrogen and oxygen atoms in total. The van der Waals surface area contributed by atoms with Crippen molar-refractivity contribution in [2.24, 2.45) is 5.92 Å². The van der Waals surface area contributed by atoms with Crippen molar-refractivity contribution in [2.75, 3.05) is 40.4 Å². The maximum absolute atomic E-state index is 11.6. The predicted octanol–water partition coefficient (Wildman–Crippen LogP) is 0.337. The van der Waals surface area contributed by atoms with Gasteiger partial charge in [-0.1, -0.05) is 13.8 Å². The largest absolute Gasteiger partial charge is 0.383 e. The topological polar surface area (TPSA) is 41.6 Å². The van der Waals surface area contributed by atoms with Gasteiger partial charge in [0.05, 0.1) is 13.2 Å². The summed E-state index contributed by atoms with van der Waals surface area (Å²) in [7, 11) is 3.43. The summed E-state index contributed by atoms with van der Waals surface area (Å²) in [6.07, 6.45) is 0.